The van der Waals surface area contributed by atoms with Gasteiger partial charge in [-0.05, 0) is 38.9 Å². The van der Waals surface area contributed by atoms with Crippen LogP contribution in [0.2, 0.25) is 0 Å². The predicted molar refractivity (Wildman–Crippen MR) is 96.7 cm³/mol. The van der Waals surface area contributed by atoms with Gasteiger partial charge in [0.2, 0.25) is 11.8 Å². The highest BCUT2D eigenvalue weighted by Crippen LogP contribution is 2.45. The zero-order chi connectivity index (χ0) is 18.6. The average molecular weight is 356 g/mol. The van der Waals surface area contributed by atoms with Gasteiger partial charge in [0.1, 0.15) is 0 Å². The highest BCUT2D eigenvalue weighted by molar-refractivity contribution is 6.20. The largest absolute Gasteiger partial charge is 0.364 e. The summed E-state index contributed by atoms with van der Waals surface area (Å²) < 4.78 is 0. The third-order valence-corrected chi connectivity index (χ3v) is 5.88. The quantitative estimate of drug-likeness (QED) is 0.755. The number of piperazine rings is 1. The van der Waals surface area contributed by atoms with Crippen LogP contribution in [0.25, 0.3) is 0 Å². The number of nitrogens with one attached hydrogen (secondary N) is 1. The molecule has 0 aromatic heterocycles. The van der Waals surface area contributed by atoms with Gasteiger partial charge in [-0.3, -0.25) is 19.8 Å². The Bertz CT molecular complexity index is 793. The second-order valence-corrected chi connectivity index (χ2v) is 7.78. The molecule has 7 heteroatoms. The minimum absolute atomic E-state index is 0.294. The van der Waals surface area contributed by atoms with E-state index in [1.807, 2.05) is 25.2 Å². The van der Waals surface area contributed by atoms with Crippen LogP contribution >= 0.6 is 0 Å². The maximum absolute atomic E-state index is 13.5. The topological polar surface area (TPSA) is 73.0 Å². The Morgan fingerprint density at radius 1 is 1.15 bits per heavy atom. The van der Waals surface area contributed by atoms with Crippen LogP contribution in [-0.4, -0.2) is 66.4 Å². The Labute approximate surface area is 152 Å². The molecule has 3 aliphatic rings. The maximum atomic E-state index is 13.5. The second kappa shape index (κ2) is 5.81. The number of urea groups is 1. The van der Waals surface area contributed by atoms with Crippen LogP contribution in [0.3, 0.4) is 0 Å². The fourth-order valence-electron chi connectivity index (χ4n) is 4.58. The third kappa shape index (κ3) is 2.19. The molecule has 2 saturated heterocycles. The molecule has 138 valence electrons. The first-order valence-corrected chi connectivity index (χ1v) is 9.08. The minimum Gasteiger partial charge on any atom is -0.364 e. The lowest BCUT2D eigenvalue weighted by Gasteiger charge is -2.55. The fraction of sp³-hybridized carbons (Fsp3) is 0.526. The Hall–Kier alpha value is -2.41. The first-order valence-electron chi connectivity index (χ1n) is 9.08. The Morgan fingerprint density at radius 2 is 1.88 bits per heavy atom. The molecule has 1 spiro atoms. The smallest absolute Gasteiger partial charge is 0.331 e. The summed E-state index contributed by atoms with van der Waals surface area (Å²) in [5, 5.41) is 2.46. The molecule has 0 saturated carbocycles. The zero-order valence-corrected chi connectivity index (χ0v) is 15.4. The van der Waals surface area contributed by atoms with Crippen molar-refractivity contribution in [3.05, 3.63) is 29.8 Å². The van der Waals surface area contributed by atoms with E-state index in [1.165, 1.54) is 4.90 Å². The SMILES string of the molecule is CC(C)N1C(=O)NC(=O)[C@]2(Cc3ccccc3N3CCN(C)C[C@@H]32)C1=O. The number of nitrogens with zero attached hydrogens (tertiary/aromatic N) is 3. The van der Waals surface area contributed by atoms with Crippen molar-refractivity contribution in [2.75, 3.05) is 31.6 Å². The molecular formula is C19H24N4O3. The molecule has 4 rings (SSSR count). The number of anilines is 1. The van der Waals surface area contributed by atoms with Gasteiger partial charge in [-0.15, -0.1) is 0 Å². The second-order valence-electron chi connectivity index (χ2n) is 7.78. The maximum Gasteiger partial charge on any atom is 0.331 e. The molecular weight excluding hydrogens is 332 g/mol. The van der Waals surface area contributed by atoms with Crippen LogP contribution in [0, 0.1) is 5.41 Å². The van der Waals surface area contributed by atoms with Crippen LogP contribution in [0.15, 0.2) is 24.3 Å². The van der Waals surface area contributed by atoms with Crippen LogP contribution < -0.4 is 10.2 Å². The fourth-order valence-corrected chi connectivity index (χ4v) is 4.58. The molecule has 0 bridgehead atoms. The summed E-state index contributed by atoms with van der Waals surface area (Å²) in [7, 11) is 2.00. The number of fused-ring (bicyclic) bond motifs is 4. The molecule has 1 N–H and O–H groups in total. The lowest BCUT2D eigenvalue weighted by Crippen LogP contribution is -2.75. The summed E-state index contributed by atoms with van der Waals surface area (Å²) in [6.45, 7) is 5.80. The number of hydrogen-bond acceptors (Lipinski definition) is 5. The van der Waals surface area contributed by atoms with E-state index in [4.69, 9.17) is 0 Å². The van der Waals surface area contributed by atoms with Gasteiger partial charge in [0.15, 0.2) is 5.41 Å². The van der Waals surface area contributed by atoms with Gasteiger partial charge in [0.05, 0.1) is 6.04 Å². The zero-order valence-electron chi connectivity index (χ0n) is 15.4. The lowest BCUT2D eigenvalue weighted by atomic mass is 9.67. The number of rotatable bonds is 1. The van der Waals surface area contributed by atoms with Crippen molar-refractivity contribution < 1.29 is 14.4 Å². The number of carbonyl (C=O) groups excluding carboxylic acids is 3. The van der Waals surface area contributed by atoms with Gasteiger partial charge in [-0.25, -0.2) is 4.79 Å². The molecule has 0 unspecified atom stereocenters. The lowest BCUT2D eigenvalue weighted by molar-refractivity contribution is -0.155. The van der Waals surface area contributed by atoms with Gasteiger partial charge >= 0.3 is 6.03 Å². The molecule has 7 nitrogen and oxygen atoms in total. The Balaban J connectivity index is 1.89. The number of para-hydroxylation sites is 1. The normalized spacial score (nSPS) is 29.1. The molecule has 2 fully saturated rings. The molecule has 3 aliphatic heterocycles. The third-order valence-electron chi connectivity index (χ3n) is 5.88. The van der Waals surface area contributed by atoms with Crippen LogP contribution in [0.1, 0.15) is 19.4 Å². The summed E-state index contributed by atoms with van der Waals surface area (Å²) in [4.78, 5) is 44.5. The van der Waals surface area contributed by atoms with Crippen molar-refractivity contribution in [2.24, 2.45) is 5.41 Å². The predicted octanol–water partition coefficient (Wildman–Crippen LogP) is 0.836. The van der Waals surface area contributed by atoms with Gasteiger partial charge in [-0.2, -0.15) is 0 Å². The average Bonchev–Trinajstić information content (AvgIpc) is 2.59. The molecule has 0 aliphatic carbocycles. The molecule has 3 heterocycles. The summed E-state index contributed by atoms with van der Waals surface area (Å²) in [5.41, 5.74) is 0.793. The number of imide groups is 2. The number of benzene rings is 1. The van der Waals surface area contributed by atoms with Crippen molar-refractivity contribution in [1.82, 2.24) is 15.1 Å². The number of carbonyl (C=O) groups is 3. The van der Waals surface area contributed by atoms with Crippen molar-refractivity contribution in [1.29, 1.82) is 0 Å². The number of hydrogen-bond donors (Lipinski definition) is 1. The van der Waals surface area contributed by atoms with Crippen molar-refractivity contribution >= 4 is 23.5 Å². The highest BCUT2D eigenvalue weighted by Gasteiger charge is 2.62. The van der Waals surface area contributed by atoms with Crippen LogP contribution in [0.4, 0.5) is 10.5 Å². The number of amides is 4. The van der Waals surface area contributed by atoms with Crippen LogP contribution in [0.5, 0.6) is 0 Å². The first-order chi connectivity index (χ1) is 12.4. The van der Waals surface area contributed by atoms with E-state index >= 15 is 0 Å². The molecule has 26 heavy (non-hydrogen) atoms. The summed E-state index contributed by atoms with van der Waals surface area (Å²) in [6, 6.07) is 6.73. The van der Waals surface area contributed by atoms with Crippen molar-refractivity contribution in [3.63, 3.8) is 0 Å². The monoisotopic (exact) mass is 356 g/mol. The van der Waals surface area contributed by atoms with E-state index in [-0.39, 0.29) is 18.0 Å². The van der Waals surface area contributed by atoms with E-state index in [1.54, 1.807) is 13.8 Å². The van der Waals surface area contributed by atoms with E-state index in [0.29, 0.717) is 13.0 Å². The van der Waals surface area contributed by atoms with E-state index in [0.717, 1.165) is 24.3 Å². The number of barbiturate groups is 1. The molecule has 4 amide bonds. The van der Waals surface area contributed by atoms with Crippen LogP contribution in [-0.2, 0) is 16.0 Å². The summed E-state index contributed by atoms with van der Waals surface area (Å²) in [5.74, 6) is -0.842. The van der Waals surface area contributed by atoms with Gasteiger partial charge < -0.3 is 9.80 Å². The minimum atomic E-state index is -1.28. The standard InChI is InChI=1S/C19H24N4O3/c1-12(2)23-17(25)19(16(24)20-18(23)26)10-13-6-4-5-7-14(13)22-9-8-21(3)11-15(19)22/h4-7,12,15H,8-11H2,1-3H3,(H,20,24,26)/t15-,19-/m1/s1. The van der Waals surface area contributed by atoms with E-state index in [2.05, 4.69) is 21.2 Å². The van der Waals surface area contributed by atoms with Gasteiger partial charge in [0.25, 0.3) is 0 Å². The van der Waals surface area contributed by atoms with E-state index in [9.17, 15) is 14.4 Å². The molecule has 2 atom stereocenters. The first kappa shape index (κ1) is 17.0. The molecule has 1 aromatic rings. The Kier molecular flexibility index (Phi) is 3.80. The highest BCUT2D eigenvalue weighted by atomic mass is 16.2. The Morgan fingerprint density at radius 3 is 2.62 bits per heavy atom. The molecule has 0 radical (unpaired) electrons. The van der Waals surface area contributed by atoms with Crippen molar-refractivity contribution in [3.8, 4) is 0 Å². The molecule has 1 aromatic carbocycles. The summed E-state index contributed by atoms with van der Waals surface area (Å²) in [6.07, 6.45) is 0.319. The van der Waals surface area contributed by atoms with E-state index < -0.39 is 17.4 Å². The number of likely N-dealkylation sites (N-methyl/N-ethyl adjacent to an activating group) is 1. The van der Waals surface area contributed by atoms with Gasteiger partial charge in [-0.1, -0.05) is 18.2 Å². The summed E-state index contributed by atoms with van der Waals surface area (Å²) >= 11 is 0. The van der Waals surface area contributed by atoms with Crippen molar-refractivity contribution in [2.45, 2.75) is 32.4 Å². The van der Waals surface area contributed by atoms with Gasteiger partial charge in [0, 0.05) is 31.4 Å².